The molecule has 0 radical (unpaired) electrons. The molecule has 1 aliphatic rings. The number of fused-ring (bicyclic) bond motifs is 3. The fourth-order valence-corrected chi connectivity index (χ4v) is 4.49. The molecule has 1 atom stereocenters. The third-order valence-electron chi connectivity index (χ3n) is 6.50. The van der Waals surface area contributed by atoms with Crippen molar-refractivity contribution in [2.45, 2.75) is 57.8 Å². The second kappa shape index (κ2) is 13.5. The van der Waals surface area contributed by atoms with Crippen LogP contribution >= 0.6 is 0 Å². The number of carboxylic acid groups (broad SMARTS) is 1. The predicted octanol–water partition coefficient (Wildman–Crippen LogP) is 5.09. The average Bonchev–Trinajstić information content (AvgIpc) is 3.17. The molecule has 0 fully saturated rings. The van der Waals surface area contributed by atoms with E-state index in [0.29, 0.717) is 38.5 Å². The Kier molecular flexibility index (Phi) is 10.1. The Morgan fingerprint density at radius 1 is 0.857 bits per heavy atom. The summed E-state index contributed by atoms with van der Waals surface area (Å²) in [4.78, 5) is 34.7. The van der Waals surface area contributed by atoms with E-state index in [2.05, 4.69) is 41.8 Å². The van der Waals surface area contributed by atoms with E-state index in [9.17, 15) is 14.4 Å². The number of benzene rings is 2. The van der Waals surface area contributed by atoms with Crippen LogP contribution in [0.25, 0.3) is 11.1 Å². The van der Waals surface area contributed by atoms with Crippen LogP contribution in [0, 0.1) is 5.92 Å². The fourth-order valence-electron chi connectivity index (χ4n) is 4.49. The molecule has 0 saturated heterocycles. The molecule has 7 heteroatoms. The van der Waals surface area contributed by atoms with E-state index in [1.807, 2.05) is 24.3 Å². The molecule has 1 unspecified atom stereocenters. The highest BCUT2D eigenvalue weighted by Crippen LogP contribution is 2.44. The molecule has 0 heterocycles. The maximum atomic E-state index is 12.3. The molecule has 2 aromatic rings. The Morgan fingerprint density at radius 3 is 2.17 bits per heavy atom. The van der Waals surface area contributed by atoms with Gasteiger partial charge in [-0.1, -0.05) is 61.9 Å². The number of alkyl carbamates (subject to hydrolysis) is 1. The molecule has 0 spiro atoms. The van der Waals surface area contributed by atoms with Crippen LogP contribution in [0.2, 0.25) is 0 Å². The topological polar surface area (TPSA) is 105 Å². The largest absolute Gasteiger partial charge is 0.481 e. The van der Waals surface area contributed by atoms with E-state index in [-0.39, 0.29) is 18.2 Å². The number of carbonyl (C=O) groups is 3. The van der Waals surface area contributed by atoms with Crippen molar-refractivity contribution >= 4 is 18.0 Å². The number of rotatable bonds is 14. The molecule has 3 N–H and O–H groups in total. The minimum atomic E-state index is -0.781. The van der Waals surface area contributed by atoms with E-state index in [1.54, 1.807) is 0 Å². The third kappa shape index (κ3) is 8.12. The van der Waals surface area contributed by atoms with E-state index in [0.717, 1.165) is 25.7 Å². The predicted molar refractivity (Wildman–Crippen MR) is 135 cm³/mol. The van der Waals surface area contributed by atoms with Gasteiger partial charge in [-0.3, -0.25) is 9.59 Å². The first-order valence-corrected chi connectivity index (χ1v) is 12.5. The van der Waals surface area contributed by atoms with Gasteiger partial charge in [0, 0.05) is 31.8 Å². The molecule has 2 amide bonds. The van der Waals surface area contributed by atoms with Crippen LogP contribution in [0.5, 0.6) is 0 Å². The molecule has 0 aromatic heterocycles. The lowest BCUT2D eigenvalue weighted by Crippen LogP contribution is -2.28. The molecular weight excluding hydrogens is 444 g/mol. The van der Waals surface area contributed by atoms with Crippen molar-refractivity contribution in [2.75, 3.05) is 19.7 Å². The number of aliphatic carboxylic acids is 1. The summed E-state index contributed by atoms with van der Waals surface area (Å²) in [6.07, 6.45) is 3.95. The van der Waals surface area contributed by atoms with Gasteiger partial charge in [0.05, 0.1) is 0 Å². The first-order valence-electron chi connectivity index (χ1n) is 12.5. The van der Waals surface area contributed by atoms with E-state index in [4.69, 9.17) is 9.84 Å². The van der Waals surface area contributed by atoms with Gasteiger partial charge in [-0.25, -0.2) is 4.79 Å². The van der Waals surface area contributed by atoms with Crippen LogP contribution in [0.1, 0.15) is 68.9 Å². The minimum absolute atomic E-state index is 0.0135. The summed E-state index contributed by atoms with van der Waals surface area (Å²) in [7, 11) is 0. The number of unbranched alkanes of at least 4 members (excludes halogenated alkanes) is 2. The summed E-state index contributed by atoms with van der Waals surface area (Å²) in [6.45, 7) is 3.45. The monoisotopic (exact) mass is 480 g/mol. The van der Waals surface area contributed by atoms with Crippen LogP contribution < -0.4 is 10.6 Å². The first kappa shape index (κ1) is 26.3. The van der Waals surface area contributed by atoms with Gasteiger partial charge in [-0.05, 0) is 53.9 Å². The first-order chi connectivity index (χ1) is 17.0. The molecule has 188 valence electrons. The molecule has 35 heavy (non-hydrogen) atoms. The van der Waals surface area contributed by atoms with Gasteiger partial charge >= 0.3 is 12.1 Å². The fraction of sp³-hybridized carbons (Fsp3) is 0.464. The van der Waals surface area contributed by atoms with E-state index < -0.39 is 12.1 Å². The van der Waals surface area contributed by atoms with Crippen molar-refractivity contribution in [3.8, 4) is 11.1 Å². The van der Waals surface area contributed by atoms with E-state index in [1.165, 1.54) is 22.3 Å². The van der Waals surface area contributed by atoms with Crippen LogP contribution in [0.4, 0.5) is 4.79 Å². The number of nitrogens with one attached hydrogen (secondary N) is 2. The van der Waals surface area contributed by atoms with Crippen LogP contribution in [0.15, 0.2) is 48.5 Å². The van der Waals surface area contributed by atoms with Gasteiger partial charge in [0.25, 0.3) is 0 Å². The Labute approximate surface area is 207 Å². The van der Waals surface area contributed by atoms with Crippen molar-refractivity contribution in [3.63, 3.8) is 0 Å². The number of hydrogen-bond donors (Lipinski definition) is 3. The Hall–Kier alpha value is -3.35. The van der Waals surface area contributed by atoms with E-state index >= 15 is 0 Å². The zero-order valence-corrected chi connectivity index (χ0v) is 20.4. The lowest BCUT2D eigenvalue weighted by molar-refractivity contribution is -0.137. The summed E-state index contributed by atoms with van der Waals surface area (Å²) in [6, 6.07) is 16.5. The van der Waals surface area contributed by atoms with Crippen molar-refractivity contribution < 1.29 is 24.2 Å². The van der Waals surface area contributed by atoms with Gasteiger partial charge in [0.15, 0.2) is 0 Å². The van der Waals surface area contributed by atoms with Crippen molar-refractivity contribution in [1.29, 1.82) is 0 Å². The average molecular weight is 481 g/mol. The number of carboxylic acids is 1. The molecule has 0 aliphatic heterocycles. The third-order valence-corrected chi connectivity index (χ3v) is 6.50. The SMILES string of the molecule is CC(CCNC(=O)OCC1c2ccccc2-c2ccccc21)CCC(=O)NCCCCCC(=O)O. The summed E-state index contributed by atoms with van der Waals surface area (Å²) < 4.78 is 5.56. The summed E-state index contributed by atoms with van der Waals surface area (Å²) in [5.74, 6) is -0.427. The van der Waals surface area contributed by atoms with Crippen LogP contribution in [-0.4, -0.2) is 42.8 Å². The zero-order chi connectivity index (χ0) is 25.0. The minimum Gasteiger partial charge on any atom is -0.481 e. The lowest BCUT2D eigenvalue weighted by atomic mass is 9.98. The van der Waals surface area contributed by atoms with Crippen molar-refractivity contribution in [1.82, 2.24) is 10.6 Å². The Balaban J connectivity index is 1.28. The molecule has 3 rings (SSSR count). The highest BCUT2D eigenvalue weighted by atomic mass is 16.5. The van der Waals surface area contributed by atoms with Gasteiger partial charge in [-0.15, -0.1) is 0 Å². The van der Waals surface area contributed by atoms with Gasteiger partial charge in [0.2, 0.25) is 5.91 Å². The zero-order valence-electron chi connectivity index (χ0n) is 20.4. The smallest absolute Gasteiger partial charge is 0.407 e. The quantitative estimate of drug-likeness (QED) is 0.327. The number of ether oxygens (including phenoxy) is 1. The Bertz CT molecular complexity index is 961. The van der Waals surface area contributed by atoms with Gasteiger partial charge in [0.1, 0.15) is 6.61 Å². The second-order valence-electron chi connectivity index (χ2n) is 9.24. The highest BCUT2D eigenvalue weighted by Gasteiger charge is 2.28. The molecular formula is C28H36N2O5. The van der Waals surface area contributed by atoms with Crippen LogP contribution in [-0.2, 0) is 14.3 Å². The second-order valence-corrected chi connectivity index (χ2v) is 9.24. The maximum absolute atomic E-state index is 12.3. The normalized spacial score (nSPS) is 12.9. The number of carbonyl (C=O) groups excluding carboxylic acids is 2. The summed E-state index contributed by atoms with van der Waals surface area (Å²) in [5, 5.41) is 14.3. The number of hydrogen-bond acceptors (Lipinski definition) is 4. The molecule has 2 aromatic carbocycles. The van der Waals surface area contributed by atoms with Gasteiger partial charge < -0.3 is 20.5 Å². The molecule has 0 saturated carbocycles. The molecule has 0 bridgehead atoms. The maximum Gasteiger partial charge on any atom is 0.407 e. The van der Waals surface area contributed by atoms with Crippen molar-refractivity contribution in [2.24, 2.45) is 5.92 Å². The molecule has 7 nitrogen and oxygen atoms in total. The number of amides is 2. The standard InChI is InChI=1S/C28H36N2O5/c1-20(14-15-26(31)29-17-8-2-3-13-27(32)33)16-18-30-28(34)35-19-25-23-11-6-4-9-21(23)22-10-5-7-12-24(22)25/h4-7,9-12,20,25H,2-3,8,13-19H2,1H3,(H,29,31)(H,30,34)(H,32,33). The summed E-state index contributed by atoms with van der Waals surface area (Å²) >= 11 is 0. The van der Waals surface area contributed by atoms with Gasteiger partial charge in [-0.2, -0.15) is 0 Å². The summed E-state index contributed by atoms with van der Waals surface area (Å²) in [5.41, 5.74) is 4.78. The highest BCUT2D eigenvalue weighted by molar-refractivity contribution is 5.79. The lowest BCUT2D eigenvalue weighted by Gasteiger charge is -2.15. The Morgan fingerprint density at radius 2 is 1.51 bits per heavy atom. The molecule has 1 aliphatic carbocycles. The van der Waals surface area contributed by atoms with Crippen molar-refractivity contribution in [3.05, 3.63) is 59.7 Å². The van der Waals surface area contributed by atoms with Crippen LogP contribution in [0.3, 0.4) is 0 Å².